The van der Waals surface area contributed by atoms with Gasteiger partial charge >= 0.3 is 0 Å². The molecule has 0 aromatic heterocycles. The molecule has 0 aliphatic rings. The zero-order chi connectivity index (χ0) is 8.97. The zero-order valence-electron chi connectivity index (χ0n) is 7.88. The summed E-state index contributed by atoms with van der Waals surface area (Å²) in [6.45, 7) is 4.42. The smallest absolute Gasteiger partial charge is 0.0349 e. The van der Waals surface area contributed by atoms with E-state index in [0.717, 1.165) is 5.69 Å². The normalized spacial score (nSPS) is 10.6. The maximum Gasteiger partial charge on any atom is 0.0349 e. The van der Waals surface area contributed by atoms with Gasteiger partial charge in [0.05, 0.1) is 0 Å². The van der Waals surface area contributed by atoms with E-state index in [-0.39, 0.29) is 0 Å². The standard InChI is InChI=1S/C11H17N/c1-3-9(4-2)10-7-5-6-8-11(10)12/h5-9H,3-4,12H2,1-2H3. The molecule has 0 radical (unpaired) electrons. The van der Waals surface area contributed by atoms with E-state index in [1.807, 2.05) is 12.1 Å². The second-order valence-electron chi connectivity index (χ2n) is 3.14. The Kier molecular flexibility index (Phi) is 3.15. The third kappa shape index (κ3) is 1.79. The molecule has 0 spiro atoms. The third-order valence-corrected chi connectivity index (χ3v) is 2.42. The molecule has 1 nitrogen and oxygen atoms in total. The van der Waals surface area contributed by atoms with Gasteiger partial charge in [-0.3, -0.25) is 0 Å². The number of benzene rings is 1. The summed E-state index contributed by atoms with van der Waals surface area (Å²) in [6, 6.07) is 8.16. The van der Waals surface area contributed by atoms with Gasteiger partial charge in [-0.05, 0) is 30.4 Å². The van der Waals surface area contributed by atoms with Crippen molar-refractivity contribution in [2.45, 2.75) is 32.6 Å². The van der Waals surface area contributed by atoms with Gasteiger partial charge < -0.3 is 5.73 Å². The molecule has 1 aromatic rings. The molecule has 0 atom stereocenters. The highest BCUT2D eigenvalue weighted by Crippen LogP contribution is 2.27. The van der Waals surface area contributed by atoms with Crippen LogP contribution >= 0.6 is 0 Å². The second-order valence-corrected chi connectivity index (χ2v) is 3.14. The van der Waals surface area contributed by atoms with Crippen LogP contribution < -0.4 is 5.73 Å². The average Bonchev–Trinajstić information content (AvgIpc) is 2.10. The number of para-hydroxylation sites is 1. The molecule has 12 heavy (non-hydrogen) atoms. The highest BCUT2D eigenvalue weighted by atomic mass is 14.6. The van der Waals surface area contributed by atoms with Gasteiger partial charge in [0.25, 0.3) is 0 Å². The number of nitrogens with two attached hydrogens (primary N) is 1. The first kappa shape index (κ1) is 9.11. The van der Waals surface area contributed by atoms with Gasteiger partial charge in [-0.1, -0.05) is 32.0 Å². The van der Waals surface area contributed by atoms with Crippen LogP contribution in [0.5, 0.6) is 0 Å². The van der Waals surface area contributed by atoms with E-state index >= 15 is 0 Å². The minimum absolute atomic E-state index is 0.631. The van der Waals surface area contributed by atoms with E-state index in [0.29, 0.717) is 5.92 Å². The third-order valence-electron chi connectivity index (χ3n) is 2.42. The number of hydrogen-bond acceptors (Lipinski definition) is 1. The fourth-order valence-corrected chi connectivity index (χ4v) is 1.61. The molecular formula is C11H17N. The van der Waals surface area contributed by atoms with Crippen molar-refractivity contribution in [3.05, 3.63) is 29.8 Å². The minimum Gasteiger partial charge on any atom is -0.398 e. The number of nitrogen functional groups attached to an aromatic ring is 1. The van der Waals surface area contributed by atoms with Crippen LogP contribution in [0.4, 0.5) is 5.69 Å². The molecule has 0 heterocycles. The van der Waals surface area contributed by atoms with E-state index in [1.165, 1.54) is 18.4 Å². The average molecular weight is 163 g/mol. The molecular weight excluding hydrogens is 146 g/mol. The van der Waals surface area contributed by atoms with Gasteiger partial charge in [-0.25, -0.2) is 0 Å². The lowest BCUT2D eigenvalue weighted by molar-refractivity contribution is 0.644. The minimum atomic E-state index is 0.631. The van der Waals surface area contributed by atoms with Crippen molar-refractivity contribution in [1.29, 1.82) is 0 Å². The van der Waals surface area contributed by atoms with Crippen molar-refractivity contribution >= 4 is 5.69 Å². The maximum absolute atomic E-state index is 5.87. The quantitative estimate of drug-likeness (QED) is 0.680. The number of rotatable bonds is 3. The van der Waals surface area contributed by atoms with Crippen molar-refractivity contribution in [2.75, 3.05) is 5.73 Å². The van der Waals surface area contributed by atoms with Gasteiger partial charge in [0.1, 0.15) is 0 Å². The van der Waals surface area contributed by atoms with E-state index in [4.69, 9.17) is 5.73 Å². The van der Waals surface area contributed by atoms with Crippen LogP contribution in [0.2, 0.25) is 0 Å². The molecule has 1 heteroatoms. The molecule has 0 saturated heterocycles. The monoisotopic (exact) mass is 163 g/mol. The molecule has 1 aromatic carbocycles. The largest absolute Gasteiger partial charge is 0.398 e. The molecule has 0 fully saturated rings. The summed E-state index contributed by atoms with van der Waals surface area (Å²) in [5.74, 6) is 0.631. The van der Waals surface area contributed by atoms with Crippen molar-refractivity contribution in [2.24, 2.45) is 0 Å². The topological polar surface area (TPSA) is 26.0 Å². The highest BCUT2D eigenvalue weighted by Gasteiger charge is 2.08. The van der Waals surface area contributed by atoms with Crippen molar-refractivity contribution in [3.8, 4) is 0 Å². The van der Waals surface area contributed by atoms with E-state index < -0.39 is 0 Å². The van der Waals surface area contributed by atoms with Crippen LogP contribution in [0.15, 0.2) is 24.3 Å². The zero-order valence-corrected chi connectivity index (χ0v) is 7.88. The highest BCUT2D eigenvalue weighted by molar-refractivity contribution is 5.48. The molecule has 0 aliphatic heterocycles. The lowest BCUT2D eigenvalue weighted by atomic mass is 9.93. The number of anilines is 1. The summed E-state index contributed by atoms with van der Waals surface area (Å²) < 4.78 is 0. The SMILES string of the molecule is CCC(CC)c1ccccc1N. The molecule has 66 valence electrons. The van der Waals surface area contributed by atoms with Gasteiger partial charge in [-0.2, -0.15) is 0 Å². The Balaban J connectivity index is 2.92. The summed E-state index contributed by atoms with van der Waals surface area (Å²) in [5.41, 5.74) is 8.12. The lowest BCUT2D eigenvalue weighted by Crippen LogP contribution is -2.00. The summed E-state index contributed by atoms with van der Waals surface area (Å²) in [7, 11) is 0. The summed E-state index contributed by atoms with van der Waals surface area (Å²) in [5, 5.41) is 0. The predicted octanol–water partition coefficient (Wildman–Crippen LogP) is 3.17. The maximum atomic E-state index is 5.87. The summed E-state index contributed by atoms with van der Waals surface area (Å²) >= 11 is 0. The van der Waals surface area contributed by atoms with Crippen molar-refractivity contribution < 1.29 is 0 Å². The van der Waals surface area contributed by atoms with Crippen LogP contribution in [0, 0.1) is 0 Å². The Morgan fingerprint density at radius 1 is 1.17 bits per heavy atom. The van der Waals surface area contributed by atoms with Gasteiger partial charge in [0.15, 0.2) is 0 Å². The Labute approximate surface area is 74.6 Å². The molecule has 0 saturated carbocycles. The van der Waals surface area contributed by atoms with Gasteiger partial charge in [0.2, 0.25) is 0 Å². The Bertz CT molecular complexity index is 239. The van der Waals surface area contributed by atoms with Crippen LogP contribution in [-0.2, 0) is 0 Å². The van der Waals surface area contributed by atoms with Crippen molar-refractivity contribution in [1.82, 2.24) is 0 Å². The van der Waals surface area contributed by atoms with E-state index in [9.17, 15) is 0 Å². The summed E-state index contributed by atoms with van der Waals surface area (Å²) in [6.07, 6.45) is 2.34. The van der Waals surface area contributed by atoms with E-state index in [2.05, 4.69) is 26.0 Å². The fourth-order valence-electron chi connectivity index (χ4n) is 1.61. The fraction of sp³-hybridized carbons (Fsp3) is 0.455. The van der Waals surface area contributed by atoms with Crippen LogP contribution in [0.3, 0.4) is 0 Å². The Hall–Kier alpha value is -0.980. The lowest BCUT2D eigenvalue weighted by Gasteiger charge is -2.14. The first-order valence-corrected chi connectivity index (χ1v) is 4.64. The molecule has 2 N–H and O–H groups in total. The van der Waals surface area contributed by atoms with Crippen molar-refractivity contribution in [3.63, 3.8) is 0 Å². The van der Waals surface area contributed by atoms with Gasteiger partial charge in [0, 0.05) is 5.69 Å². The van der Waals surface area contributed by atoms with Crippen LogP contribution in [0.1, 0.15) is 38.2 Å². The number of hydrogen-bond donors (Lipinski definition) is 1. The second kappa shape index (κ2) is 4.15. The Morgan fingerprint density at radius 3 is 2.25 bits per heavy atom. The molecule has 0 aliphatic carbocycles. The summed E-state index contributed by atoms with van der Waals surface area (Å²) in [4.78, 5) is 0. The predicted molar refractivity (Wildman–Crippen MR) is 54.2 cm³/mol. The molecule has 1 rings (SSSR count). The molecule has 0 bridgehead atoms. The molecule has 0 amide bonds. The van der Waals surface area contributed by atoms with Gasteiger partial charge in [-0.15, -0.1) is 0 Å². The first-order chi connectivity index (χ1) is 5.79. The van der Waals surface area contributed by atoms with Crippen LogP contribution in [0.25, 0.3) is 0 Å². The van der Waals surface area contributed by atoms with E-state index in [1.54, 1.807) is 0 Å². The van der Waals surface area contributed by atoms with Crippen LogP contribution in [-0.4, -0.2) is 0 Å². The Morgan fingerprint density at radius 2 is 1.75 bits per heavy atom. The first-order valence-electron chi connectivity index (χ1n) is 4.64. The molecule has 0 unspecified atom stereocenters.